The highest BCUT2D eigenvalue weighted by molar-refractivity contribution is 5.92. The number of epoxide rings is 1. The van der Waals surface area contributed by atoms with Crippen LogP contribution in [0.1, 0.15) is 144 Å². The summed E-state index contributed by atoms with van der Waals surface area (Å²) in [7, 11) is 0. The summed E-state index contributed by atoms with van der Waals surface area (Å²) >= 11 is 0. The second-order valence-electron chi connectivity index (χ2n) is 13.4. The Morgan fingerprint density at radius 1 is 0.892 bits per heavy atom. The minimum absolute atomic E-state index is 0.0107. The van der Waals surface area contributed by atoms with E-state index in [-0.39, 0.29) is 40.5 Å². The molecule has 0 aromatic carbocycles. The summed E-state index contributed by atoms with van der Waals surface area (Å²) in [6.45, 7) is 11.4. The van der Waals surface area contributed by atoms with E-state index in [1.807, 2.05) is 0 Å². The molecule has 0 aromatic rings. The van der Waals surface area contributed by atoms with Crippen LogP contribution in [0.15, 0.2) is 12.2 Å². The van der Waals surface area contributed by atoms with Gasteiger partial charge in [0.25, 0.3) is 0 Å². The van der Waals surface area contributed by atoms with Gasteiger partial charge in [-0.15, -0.1) is 0 Å². The van der Waals surface area contributed by atoms with E-state index in [4.69, 9.17) is 9.47 Å². The minimum Gasteiger partial charge on any atom is -0.465 e. The molecule has 2 saturated carbocycles. The van der Waals surface area contributed by atoms with E-state index in [0.717, 1.165) is 32.1 Å². The van der Waals surface area contributed by atoms with Gasteiger partial charge in [0.1, 0.15) is 11.7 Å². The van der Waals surface area contributed by atoms with Crippen LogP contribution in [0.3, 0.4) is 0 Å². The van der Waals surface area contributed by atoms with Gasteiger partial charge in [-0.1, -0.05) is 97.6 Å². The molecule has 0 bridgehead atoms. The van der Waals surface area contributed by atoms with Gasteiger partial charge in [0.15, 0.2) is 5.78 Å². The van der Waals surface area contributed by atoms with Crippen molar-refractivity contribution in [3.8, 4) is 0 Å². The number of carbonyl (C=O) groups excluding carboxylic acids is 2. The van der Waals surface area contributed by atoms with Crippen molar-refractivity contribution < 1.29 is 19.1 Å². The molecule has 0 radical (unpaired) electrons. The van der Waals surface area contributed by atoms with Gasteiger partial charge >= 0.3 is 5.97 Å². The molecule has 0 aromatic heterocycles. The SMILES string of the molecule is CCCCCCCC/C=C\CCCCCCCC(=O)OC[C@@H]1[C@@]2(C)CCCC(C)(C)[C@@H]2C(=O)[C@@H]2O[C@]12C. The van der Waals surface area contributed by atoms with Crippen molar-refractivity contribution in [3.05, 3.63) is 12.2 Å². The minimum atomic E-state index is -0.459. The lowest BCUT2D eigenvalue weighted by molar-refractivity contribution is -0.158. The van der Waals surface area contributed by atoms with Gasteiger partial charge in [0.2, 0.25) is 0 Å². The Kier molecular flexibility index (Phi) is 11.3. The lowest BCUT2D eigenvalue weighted by atomic mass is 9.46. The highest BCUT2D eigenvalue weighted by Crippen LogP contribution is 2.66. The average molecular weight is 517 g/mol. The number of Topliss-reactive ketones (excluding diaryl/α,β-unsaturated/α-hetero) is 1. The molecule has 4 nitrogen and oxygen atoms in total. The number of allylic oxidation sites excluding steroid dienone is 2. The topological polar surface area (TPSA) is 55.9 Å². The van der Waals surface area contributed by atoms with Gasteiger partial charge in [-0.2, -0.15) is 0 Å². The van der Waals surface area contributed by atoms with Crippen LogP contribution in [0.25, 0.3) is 0 Å². The number of rotatable bonds is 17. The first-order chi connectivity index (χ1) is 17.7. The average Bonchev–Trinajstić information content (AvgIpc) is 3.53. The van der Waals surface area contributed by atoms with Crippen LogP contribution in [0, 0.1) is 22.7 Å². The van der Waals surface area contributed by atoms with Gasteiger partial charge in [-0.05, 0) is 62.7 Å². The van der Waals surface area contributed by atoms with Crippen molar-refractivity contribution in [1.29, 1.82) is 0 Å². The van der Waals surface area contributed by atoms with Gasteiger partial charge < -0.3 is 9.47 Å². The fourth-order valence-corrected chi connectivity index (χ4v) is 7.77. The molecule has 0 amide bonds. The summed E-state index contributed by atoms with van der Waals surface area (Å²) in [5.41, 5.74) is -0.646. The van der Waals surface area contributed by atoms with Crippen LogP contribution in [0.5, 0.6) is 0 Å². The molecular formula is C33H56O4. The third-order valence-electron chi connectivity index (χ3n) is 9.90. The quantitative estimate of drug-likeness (QED) is 0.0839. The van der Waals surface area contributed by atoms with E-state index in [1.165, 1.54) is 70.6 Å². The molecular weight excluding hydrogens is 460 g/mol. The Hall–Kier alpha value is -1.16. The molecule has 1 aliphatic heterocycles. The zero-order valence-electron chi connectivity index (χ0n) is 24.7. The van der Waals surface area contributed by atoms with Crippen LogP contribution in [0.4, 0.5) is 0 Å². The van der Waals surface area contributed by atoms with Crippen LogP contribution < -0.4 is 0 Å². The second-order valence-corrected chi connectivity index (χ2v) is 13.4. The zero-order chi connectivity index (χ0) is 26.9. The lowest BCUT2D eigenvalue weighted by Crippen LogP contribution is -2.60. The van der Waals surface area contributed by atoms with E-state index in [9.17, 15) is 9.59 Å². The Balaban J connectivity index is 1.27. The highest BCUT2D eigenvalue weighted by Gasteiger charge is 2.74. The Bertz CT molecular complexity index is 770. The maximum atomic E-state index is 13.2. The summed E-state index contributed by atoms with van der Waals surface area (Å²) in [6, 6.07) is 0. The first-order valence-corrected chi connectivity index (χ1v) is 15.7. The summed E-state index contributed by atoms with van der Waals surface area (Å²) < 4.78 is 11.9. The van der Waals surface area contributed by atoms with E-state index in [2.05, 4.69) is 46.8 Å². The second kappa shape index (κ2) is 13.8. The van der Waals surface area contributed by atoms with Crippen LogP contribution in [0.2, 0.25) is 0 Å². The molecule has 0 spiro atoms. The van der Waals surface area contributed by atoms with E-state index in [1.54, 1.807) is 0 Å². The third-order valence-corrected chi connectivity index (χ3v) is 9.90. The van der Waals surface area contributed by atoms with Crippen molar-refractivity contribution >= 4 is 11.8 Å². The predicted octanol–water partition coefficient (Wildman–Crippen LogP) is 8.76. The maximum Gasteiger partial charge on any atom is 0.305 e. The van der Waals surface area contributed by atoms with E-state index in [0.29, 0.717) is 13.0 Å². The highest BCUT2D eigenvalue weighted by atomic mass is 16.6. The lowest BCUT2D eigenvalue weighted by Gasteiger charge is -2.56. The first kappa shape index (κ1) is 30.4. The molecule has 3 aliphatic rings. The Morgan fingerprint density at radius 2 is 1.49 bits per heavy atom. The van der Waals surface area contributed by atoms with E-state index >= 15 is 0 Å². The van der Waals surface area contributed by atoms with Crippen molar-refractivity contribution in [2.75, 3.05) is 6.61 Å². The van der Waals surface area contributed by atoms with Crippen molar-refractivity contribution in [2.24, 2.45) is 22.7 Å². The first-order valence-electron chi connectivity index (χ1n) is 15.7. The van der Waals surface area contributed by atoms with Crippen LogP contribution in [-0.4, -0.2) is 30.1 Å². The number of carbonyl (C=O) groups is 2. The van der Waals surface area contributed by atoms with Crippen molar-refractivity contribution in [3.63, 3.8) is 0 Å². The van der Waals surface area contributed by atoms with Gasteiger partial charge in [-0.3, -0.25) is 9.59 Å². The fourth-order valence-electron chi connectivity index (χ4n) is 7.77. The van der Waals surface area contributed by atoms with Crippen molar-refractivity contribution in [2.45, 2.75) is 155 Å². The number of fused-ring (bicyclic) bond motifs is 2. The molecule has 3 fully saturated rings. The smallest absolute Gasteiger partial charge is 0.305 e. The molecule has 1 heterocycles. The Morgan fingerprint density at radius 3 is 2.14 bits per heavy atom. The monoisotopic (exact) mass is 516 g/mol. The molecule has 1 saturated heterocycles. The molecule has 37 heavy (non-hydrogen) atoms. The number of ketones is 1. The van der Waals surface area contributed by atoms with E-state index < -0.39 is 5.60 Å². The van der Waals surface area contributed by atoms with Crippen LogP contribution in [-0.2, 0) is 19.1 Å². The molecule has 0 unspecified atom stereocenters. The van der Waals surface area contributed by atoms with Gasteiger partial charge in [-0.25, -0.2) is 0 Å². The van der Waals surface area contributed by atoms with Gasteiger partial charge in [0.05, 0.1) is 6.61 Å². The maximum absolute atomic E-state index is 13.2. The summed E-state index contributed by atoms with van der Waals surface area (Å²) in [4.78, 5) is 25.8. The van der Waals surface area contributed by atoms with Crippen molar-refractivity contribution in [1.82, 2.24) is 0 Å². The Labute approximate surface area is 227 Å². The largest absolute Gasteiger partial charge is 0.465 e. The molecule has 0 N–H and O–H groups in total. The summed E-state index contributed by atoms with van der Waals surface area (Å²) in [5.74, 6) is 0.268. The molecule has 212 valence electrons. The summed E-state index contributed by atoms with van der Waals surface area (Å²) in [5, 5.41) is 0. The number of hydrogen-bond acceptors (Lipinski definition) is 4. The molecule has 5 atom stereocenters. The normalized spacial score (nSPS) is 32.2. The van der Waals surface area contributed by atoms with Crippen LogP contribution >= 0.6 is 0 Å². The number of hydrogen-bond donors (Lipinski definition) is 0. The molecule has 2 aliphatic carbocycles. The number of esters is 1. The zero-order valence-corrected chi connectivity index (χ0v) is 24.7. The predicted molar refractivity (Wildman–Crippen MR) is 151 cm³/mol. The number of unbranched alkanes of at least 4 members (excludes halogenated alkanes) is 11. The summed E-state index contributed by atoms with van der Waals surface area (Å²) in [6.07, 6.45) is 24.4. The fraction of sp³-hybridized carbons (Fsp3) is 0.879. The van der Waals surface area contributed by atoms with Gasteiger partial charge in [0, 0.05) is 18.3 Å². The molecule has 4 heteroatoms. The number of ether oxygens (including phenoxy) is 2. The third kappa shape index (κ3) is 7.70. The standard InChI is InChI=1S/C33H56O4/c1-6-7-8-9-10-11-12-13-14-15-16-17-18-19-20-22-27(34)36-25-26-32(4)24-21-23-31(2,3)29(32)28(35)30-33(26,5)37-30/h13-14,26,29-30H,6-12,15-25H2,1-5H3/b14-13-/t26-,29+,30+,32-,33-/m1/s1. The molecule has 3 rings (SSSR count).